The number of nitrogens with zero attached hydrogens (tertiary/aromatic N) is 1. The van der Waals surface area contributed by atoms with E-state index < -0.39 is 5.41 Å². The Morgan fingerprint density at radius 1 is 1.19 bits per heavy atom. The lowest BCUT2D eigenvalue weighted by Crippen LogP contribution is -2.24. The maximum absolute atomic E-state index is 12.0. The van der Waals surface area contributed by atoms with Crippen molar-refractivity contribution in [2.24, 2.45) is 5.41 Å². The Kier molecular flexibility index (Phi) is 7.35. The van der Waals surface area contributed by atoms with Gasteiger partial charge in [-0.15, -0.1) is 0 Å². The van der Waals surface area contributed by atoms with Crippen molar-refractivity contribution in [2.45, 2.75) is 46.6 Å². The number of nitrogens with one attached hydrogen (secondary N) is 1. The van der Waals surface area contributed by atoms with Crippen LogP contribution in [0.25, 0.3) is 0 Å². The van der Waals surface area contributed by atoms with Gasteiger partial charge in [0.15, 0.2) is 0 Å². The molecule has 0 amide bonds. The van der Waals surface area contributed by atoms with Crippen molar-refractivity contribution in [1.29, 1.82) is 0 Å². The number of esters is 1. The minimum absolute atomic E-state index is 0.0689. The number of ether oxygens (including phenoxy) is 2. The first kappa shape index (κ1) is 23.5. The summed E-state index contributed by atoms with van der Waals surface area (Å²) in [7, 11) is 0. The van der Waals surface area contributed by atoms with Crippen molar-refractivity contribution in [3.8, 4) is 11.6 Å². The number of hydrogen-bond acceptors (Lipinski definition) is 7. The van der Waals surface area contributed by atoms with Crippen LogP contribution in [0.4, 0.5) is 0 Å². The minimum Gasteiger partial charge on any atom is -0.494 e. The second-order valence-corrected chi connectivity index (χ2v) is 9.65. The molecule has 8 heteroatoms. The smallest absolute Gasteiger partial charge is 0.311 e. The van der Waals surface area contributed by atoms with E-state index in [2.05, 4.69) is 9.97 Å². The topological polar surface area (TPSA) is 102 Å². The molecular weight excluding hydrogens is 428 g/mol. The molecule has 0 bridgehead atoms. The number of carbonyl (C=O) groups excluding carboxylic acids is 1. The van der Waals surface area contributed by atoms with Crippen molar-refractivity contribution in [3.63, 3.8) is 0 Å². The molecular formula is C24H28N2O5S. The molecule has 170 valence electrons. The highest BCUT2D eigenvalue weighted by molar-refractivity contribution is 7.09. The molecule has 0 aliphatic carbocycles. The summed E-state index contributed by atoms with van der Waals surface area (Å²) < 4.78 is 11.3. The maximum atomic E-state index is 12.0. The zero-order chi connectivity index (χ0) is 23.3. The lowest BCUT2D eigenvalue weighted by atomic mass is 9.97. The highest BCUT2D eigenvalue weighted by Gasteiger charge is 2.25. The van der Waals surface area contributed by atoms with Gasteiger partial charge in [-0.25, -0.2) is 0 Å². The molecule has 0 saturated heterocycles. The molecule has 2 heterocycles. The van der Waals surface area contributed by atoms with Gasteiger partial charge in [0, 0.05) is 30.3 Å². The molecule has 3 rings (SSSR count). The number of carbonyl (C=O) groups is 1. The fraction of sp³-hybridized carbons (Fsp3) is 0.375. The van der Waals surface area contributed by atoms with Gasteiger partial charge >= 0.3 is 10.8 Å². The average molecular weight is 457 g/mol. The number of aromatic amines is 1. The normalized spacial score (nSPS) is 12.4. The summed E-state index contributed by atoms with van der Waals surface area (Å²) in [6.07, 6.45) is 2.50. The van der Waals surface area contributed by atoms with Gasteiger partial charge in [0.1, 0.15) is 11.9 Å². The average Bonchev–Trinajstić information content (AvgIpc) is 3.05. The molecule has 0 spiro atoms. The first-order valence-corrected chi connectivity index (χ1v) is 11.2. The molecule has 3 aromatic rings. The number of pyridine rings is 1. The van der Waals surface area contributed by atoms with E-state index in [-0.39, 0.29) is 22.8 Å². The van der Waals surface area contributed by atoms with Crippen LogP contribution in [-0.2, 0) is 22.4 Å². The molecule has 2 N–H and O–H groups in total. The lowest BCUT2D eigenvalue weighted by Gasteiger charge is -2.21. The predicted octanol–water partition coefficient (Wildman–Crippen LogP) is 4.40. The Morgan fingerprint density at radius 3 is 2.47 bits per heavy atom. The number of aromatic nitrogens is 2. The van der Waals surface area contributed by atoms with Gasteiger partial charge in [-0.05, 0) is 51.5 Å². The molecule has 0 aliphatic rings. The SMILES string of the molecule is CC(OC(=O)C(C)(C)C)c1ccc(CCOc2ccc(Cc3sc(=O)[nH]c3O)cc2)nc1. The Morgan fingerprint density at radius 2 is 1.91 bits per heavy atom. The molecule has 2 aromatic heterocycles. The van der Waals surface area contributed by atoms with E-state index in [1.54, 1.807) is 6.20 Å². The van der Waals surface area contributed by atoms with Gasteiger partial charge < -0.3 is 14.6 Å². The second-order valence-electron chi connectivity index (χ2n) is 8.59. The van der Waals surface area contributed by atoms with Crippen LogP contribution in [-0.4, -0.2) is 27.7 Å². The zero-order valence-corrected chi connectivity index (χ0v) is 19.5. The number of H-pyrrole nitrogens is 1. The van der Waals surface area contributed by atoms with Gasteiger partial charge in [0.25, 0.3) is 0 Å². The van der Waals surface area contributed by atoms with E-state index in [0.29, 0.717) is 24.3 Å². The van der Waals surface area contributed by atoms with E-state index in [4.69, 9.17) is 9.47 Å². The Bertz CT molecular complexity index is 1100. The summed E-state index contributed by atoms with van der Waals surface area (Å²) in [6, 6.07) is 11.4. The van der Waals surface area contributed by atoms with Crippen LogP contribution in [0.15, 0.2) is 47.4 Å². The van der Waals surface area contributed by atoms with Crippen molar-refractivity contribution < 1.29 is 19.4 Å². The lowest BCUT2D eigenvalue weighted by molar-refractivity contribution is -0.158. The molecule has 0 saturated carbocycles. The van der Waals surface area contributed by atoms with Crippen LogP contribution in [0, 0.1) is 5.41 Å². The Balaban J connectivity index is 1.47. The highest BCUT2D eigenvalue weighted by Crippen LogP contribution is 2.24. The van der Waals surface area contributed by atoms with Crippen molar-refractivity contribution in [1.82, 2.24) is 9.97 Å². The van der Waals surface area contributed by atoms with Gasteiger partial charge in [0.2, 0.25) is 5.88 Å². The third-order valence-electron chi connectivity index (χ3n) is 4.83. The van der Waals surface area contributed by atoms with Crippen LogP contribution >= 0.6 is 11.3 Å². The van der Waals surface area contributed by atoms with Crippen LogP contribution in [0.2, 0.25) is 0 Å². The van der Waals surface area contributed by atoms with Crippen molar-refractivity contribution >= 4 is 17.3 Å². The molecule has 32 heavy (non-hydrogen) atoms. The molecule has 7 nitrogen and oxygen atoms in total. The fourth-order valence-electron chi connectivity index (χ4n) is 2.86. The molecule has 1 unspecified atom stereocenters. The molecule has 0 radical (unpaired) electrons. The molecule has 0 aliphatic heterocycles. The molecule has 0 fully saturated rings. The van der Waals surface area contributed by atoms with E-state index in [1.807, 2.05) is 64.1 Å². The predicted molar refractivity (Wildman–Crippen MR) is 123 cm³/mol. The number of rotatable bonds is 8. The summed E-state index contributed by atoms with van der Waals surface area (Å²) in [6.45, 7) is 7.79. The summed E-state index contributed by atoms with van der Waals surface area (Å²) >= 11 is 1.01. The molecule has 1 aromatic carbocycles. The highest BCUT2D eigenvalue weighted by atomic mass is 32.1. The quantitative estimate of drug-likeness (QED) is 0.487. The summed E-state index contributed by atoms with van der Waals surface area (Å²) in [5, 5.41) is 9.69. The number of benzene rings is 1. The van der Waals surface area contributed by atoms with Gasteiger partial charge in [-0.3, -0.25) is 19.6 Å². The van der Waals surface area contributed by atoms with E-state index in [0.717, 1.165) is 33.9 Å². The van der Waals surface area contributed by atoms with E-state index in [1.165, 1.54) is 0 Å². The Labute approximate surface area is 191 Å². The van der Waals surface area contributed by atoms with Crippen LogP contribution in [0.1, 0.15) is 55.5 Å². The third-order valence-corrected chi connectivity index (χ3v) is 5.70. The van der Waals surface area contributed by atoms with E-state index >= 15 is 0 Å². The van der Waals surface area contributed by atoms with Crippen molar-refractivity contribution in [2.75, 3.05) is 6.61 Å². The van der Waals surface area contributed by atoms with Crippen LogP contribution in [0.3, 0.4) is 0 Å². The standard InChI is InChI=1S/C24H28N2O5S/c1-15(31-22(28)24(2,3)4)17-7-8-18(25-14-17)11-12-30-19-9-5-16(6-10-19)13-20-21(27)26-23(29)32-20/h5-10,14-15,27H,11-13H2,1-4H3,(H,26,29). The maximum Gasteiger partial charge on any atom is 0.311 e. The van der Waals surface area contributed by atoms with Gasteiger partial charge in [-0.2, -0.15) is 0 Å². The number of hydrogen-bond donors (Lipinski definition) is 2. The number of aromatic hydroxyl groups is 1. The third kappa shape index (κ3) is 6.43. The zero-order valence-electron chi connectivity index (χ0n) is 18.7. The largest absolute Gasteiger partial charge is 0.494 e. The first-order valence-electron chi connectivity index (χ1n) is 10.4. The summed E-state index contributed by atoms with van der Waals surface area (Å²) in [5.41, 5.74) is 2.17. The second kappa shape index (κ2) is 9.99. The first-order chi connectivity index (χ1) is 15.1. The van der Waals surface area contributed by atoms with Crippen molar-refractivity contribution in [3.05, 3.63) is 74.0 Å². The minimum atomic E-state index is -0.540. The monoisotopic (exact) mass is 456 g/mol. The Hall–Kier alpha value is -3.13. The van der Waals surface area contributed by atoms with Gasteiger partial charge in [0.05, 0.1) is 16.9 Å². The fourth-order valence-corrected chi connectivity index (χ4v) is 3.62. The van der Waals surface area contributed by atoms with Crippen LogP contribution < -0.4 is 9.61 Å². The van der Waals surface area contributed by atoms with Gasteiger partial charge in [-0.1, -0.05) is 29.5 Å². The summed E-state index contributed by atoms with van der Waals surface area (Å²) in [4.78, 5) is 30.5. The molecule has 1 atom stereocenters. The number of thiazole rings is 1. The van der Waals surface area contributed by atoms with E-state index in [9.17, 15) is 14.7 Å². The summed E-state index contributed by atoms with van der Waals surface area (Å²) in [5.74, 6) is 0.425. The van der Waals surface area contributed by atoms with Crippen LogP contribution in [0.5, 0.6) is 11.6 Å².